The van der Waals surface area contributed by atoms with Crippen LogP contribution in [0.25, 0.3) is 0 Å². The lowest BCUT2D eigenvalue weighted by atomic mass is 10.2. The number of rotatable bonds is 8. The van der Waals surface area contributed by atoms with Gasteiger partial charge >= 0.3 is 0 Å². The zero-order valence-corrected chi connectivity index (χ0v) is 15.9. The number of amides is 2. The van der Waals surface area contributed by atoms with E-state index in [0.29, 0.717) is 30.9 Å². The highest BCUT2D eigenvalue weighted by Crippen LogP contribution is 2.26. The first-order chi connectivity index (χ1) is 11.1. The number of carbonyl (C=O) groups excluding carboxylic acids is 2. The summed E-state index contributed by atoms with van der Waals surface area (Å²) in [5.41, 5.74) is 5.57. The molecule has 1 aromatic rings. The summed E-state index contributed by atoms with van der Waals surface area (Å²) < 4.78 is 0. The smallest absolute Gasteiger partial charge is 0.236 e. The van der Waals surface area contributed by atoms with Crippen LogP contribution in [0.3, 0.4) is 0 Å². The molecule has 0 aliphatic heterocycles. The van der Waals surface area contributed by atoms with E-state index in [1.165, 1.54) is 4.90 Å². The Morgan fingerprint density at radius 3 is 2.17 bits per heavy atom. The zero-order valence-electron chi connectivity index (χ0n) is 14.4. The Bertz CT molecular complexity index is 585. The van der Waals surface area contributed by atoms with Gasteiger partial charge in [0.25, 0.3) is 0 Å². The van der Waals surface area contributed by atoms with E-state index < -0.39 is 11.8 Å². The Morgan fingerprint density at radius 1 is 1.12 bits per heavy atom. The molecule has 0 spiro atoms. The molecule has 0 fully saturated rings. The normalized spacial score (nSPS) is 11.4. The summed E-state index contributed by atoms with van der Waals surface area (Å²) in [6.07, 6.45) is -0.387. The second-order valence-electron chi connectivity index (χ2n) is 6.06. The van der Waals surface area contributed by atoms with Crippen LogP contribution in [0.15, 0.2) is 12.1 Å². The summed E-state index contributed by atoms with van der Waals surface area (Å²) in [7, 11) is 0. The Morgan fingerprint density at radius 2 is 1.71 bits per heavy atom. The molecule has 0 saturated heterocycles. The van der Waals surface area contributed by atoms with Gasteiger partial charge in [-0.25, -0.2) is 4.98 Å². The lowest BCUT2D eigenvalue weighted by molar-refractivity contribution is -0.126. The minimum absolute atomic E-state index is 0.112. The van der Waals surface area contributed by atoms with Crippen molar-refractivity contribution < 1.29 is 9.59 Å². The third kappa shape index (κ3) is 5.92. The number of anilines is 1. The topological polar surface area (TPSA) is 79.5 Å². The van der Waals surface area contributed by atoms with Gasteiger partial charge in [0.1, 0.15) is 11.6 Å². The molecule has 1 heterocycles. The average Bonchev–Trinajstić information content (AvgIpc) is 2.42. The predicted octanol–water partition coefficient (Wildman–Crippen LogP) is 2.72. The fourth-order valence-corrected chi connectivity index (χ4v) is 3.01. The summed E-state index contributed by atoms with van der Waals surface area (Å²) >= 11 is 11.9. The molecule has 1 aromatic heterocycles. The van der Waals surface area contributed by atoms with Gasteiger partial charge in [0, 0.05) is 25.2 Å². The summed E-state index contributed by atoms with van der Waals surface area (Å²) in [4.78, 5) is 31.2. The second-order valence-corrected chi connectivity index (χ2v) is 6.80. The number of nitrogens with two attached hydrogens (primary N) is 1. The molecule has 1 rings (SSSR count). The van der Waals surface area contributed by atoms with Gasteiger partial charge in [0.2, 0.25) is 11.8 Å². The quantitative estimate of drug-likeness (QED) is 0.560. The van der Waals surface area contributed by atoms with Crippen molar-refractivity contribution in [1.82, 2.24) is 9.88 Å². The fourth-order valence-electron chi connectivity index (χ4n) is 2.56. The van der Waals surface area contributed by atoms with E-state index >= 15 is 0 Å². The molecular weight excluding hydrogens is 351 g/mol. The first-order valence-electron chi connectivity index (χ1n) is 7.80. The largest absolute Gasteiger partial charge is 0.369 e. The standard InChI is InChI=1S/C16H24Cl2N4O2/c1-10(2)21(11(3)4)7-8-22(15(24)9-14(19)23)12-5-6-13(17)20-16(12)18/h5-6,10-11H,7-9H2,1-4H3,(H2,19,23). The third-order valence-corrected chi connectivity index (χ3v) is 4.11. The van der Waals surface area contributed by atoms with E-state index in [2.05, 4.69) is 37.6 Å². The van der Waals surface area contributed by atoms with E-state index in [1.54, 1.807) is 12.1 Å². The van der Waals surface area contributed by atoms with Crippen LogP contribution in [0.4, 0.5) is 5.69 Å². The van der Waals surface area contributed by atoms with Crippen molar-refractivity contribution in [2.24, 2.45) is 5.73 Å². The number of aromatic nitrogens is 1. The van der Waals surface area contributed by atoms with Crippen molar-refractivity contribution in [2.45, 2.75) is 46.2 Å². The van der Waals surface area contributed by atoms with Crippen LogP contribution in [0, 0.1) is 0 Å². The van der Waals surface area contributed by atoms with Crippen molar-refractivity contribution in [2.75, 3.05) is 18.0 Å². The highest BCUT2D eigenvalue weighted by Gasteiger charge is 2.23. The Balaban J connectivity index is 3.05. The number of hydrogen-bond acceptors (Lipinski definition) is 4. The van der Waals surface area contributed by atoms with E-state index in [-0.39, 0.29) is 16.7 Å². The van der Waals surface area contributed by atoms with Crippen LogP contribution in [0.5, 0.6) is 0 Å². The number of primary amides is 1. The maximum Gasteiger partial charge on any atom is 0.236 e. The summed E-state index contributed by atoms with van der Waals surface area (Å²) in [6.45, 7) is 9.35. The third-order valence-electron chi connectivity index (χ3n) is 3.62. The Labute approximate surface area is 152 Å². The van der Waals surface area contributed by atoms with E-state index in [1.807, 2.05) is 0 Å². The highest BCUT2D eigenvalue weighted by atomic mass is 35.5. The molecule has 134 valence electrons. The Kier molecular flexibility index (Phi) is 7.93. The van der Waals surface area contributed by atoms with Crippen LogP contribution in [0.1, 0.15) is 34.1 Å². The van der Waals surface area contributed by atoms with Crippen molar-refractivity contribution in [3.8, 4) is 0 Å². The summed E-state index contributed by atoms with van der Waals surface area (Å²) in [5.74, 6) is -1.10. The molecule has 24 heavy (non-hydrogen) atoms. The van der Waals surface area contributed by atoms with Crippen LogP contribution >= 0.6 is 23.2 Å². The highest BCUT2D eigenvalue weighted by molar-refractivity contribution is 6.34. The molecule has 0 saturated carbocycles. The Hall–Kier alpha value is -1.37. The minimum atomic E-state index is -0.687. The maximum absolute atomic E-state index is 12.4. The number of pyridine rings is 1. The van der Waals surface area contributed by atoms with Gasteiger partial charge in [-0.2, -0.15) is 0 Å². The molecule has 0 aliphatic carbocycles. The SMILES string of the molecule is CC(C)N(CCN(C(=O)CC(N)=O)c1ccc(Cl)nc1Cl)C(C)C. The van der Waals surface area contributed by atoms with Gasteiger partial charge in [-0.3, -0.25) is 14.5 Å². The first kappa shape index (κ1) is 20.7. The molecule has 0 atom stereocenters. The fraction of sp³-hybridized carbons (Fsp3) is 0.562. The molecule has 0 unspecified atom stereocenters. The number of carbonyl (C=O) groups is 2. The van der Waals surface area contributed by atoms with Crippen LogP contribution in [-0.2, 0) is 9.59 Å². The zero-order chi connectivity index (χ0) is 18.4. The first-order valence-corrected chi connectivity index (χ1v) is 8.55. The average molecular weight is 375 g/mol. The predicted molar refractivity (Wildman–Crippen MR) is 97.4 cm³/mol. The van der Waals surface area contributed by atoms with Crippen LogP contribution in [0.2, 0.25) is 10.3 Å². The molecule has 0 aliphatic rings. The van der Waals surface area contributed by atoms with Gasteiger partial charge in [-0.1, -0.05) is 23.2 Å². The van der Waals surface area contributed by atoms with Crippen molar-refractivity contribution in [3.05, 3.63) is 22.4 Å². The van der Waals surface area contributed by atoms with Gasteiger partial charge in [0.15, 0.2) is 5.15 Å². The maximum atomic E-state index is 12.4. The second kappa shape index (κ2) is 9.20. The molecule has 0 radical (unpaired) electrons. The summed E-state index contributed by atoms with van der Waals surface area (Å²) in [5, 5.41) is 0.345. The van der Waals surface area contributed by atoms with E-state index in [0.717, 1.165) is 0 Å². The van der Waals surface area contributed by atoms with Crippen LogP contribution in [-0.4, -0.2) is 46.9 Å². The van der Waals surface area contributed by atoms with Crippen molar-refractivity contribution >= 4 is 40.7 Å². The lowest BCUT2D eigenvalue weighted by Crippen LogP contribution is -2.45. The number of nitrogens with zero attached hydrogens (tertiary/aromatic N) is 3. The number of hydrogen-bond donors (Lipinski definition) is 1. The molecule has 2 N–H and O–H groups in total. The number of halogens is 2. The molecule has 0 bridgehead atoms. The molecule has 2 amide bonds. The van der Waals surface area contributed by atoms with Gasteiger partial charge in [-0.15, -0.1) is 0 Å². The molecule has 0 aromatic carbocycles. The van der Waals surface area contributed by atoms with Gasteiger partial charge in [0.05, 0.1) is 5.69 Å². The van der Waals surface area contributed by atoms with E-state index in [9.17, 15) is 9.59 Å². The monoisotopic (exact) mass is 374 g/mol. The van der Waals surface area contributed by atoms with Crippen molar-refractivity contribution in [3.63, 3.8) is 0 Å². The molecule has 8 heteroatoms. The van der Waals surface area contributed by atoms with Crippen LogP contribution < -0.4 is 10.6 Å². The van der Waals surface area contributed by atoms with Gasteiger partial charge < -0.3 is 10.6 Å². The lowest BCUT2D eigenvalue weighted by Gasteiger charge is -2.33. The molecular formula is C16H24Cl2N4O2. The minimum Gasteiger partial charge on any atom is -0.369 e. The summed E-state index contributed by atoms with van der Waals surface area (Å²) in [6, 6.07) is 3.80. The molecule has 6 nitrogen and oxygen atoms in total. The van der Waals surface area contributed by atoms with E-state index in [4.69, 9.17) is 28.9 Å². The van der Waals surface area contributed by atoms with Crippen molar-refractivity contribution in [1.29, 1.82) is 0 Å². The van der Waals surface area contributed by atoms with Gasteiger partial charge in [-0.05, 0) is 39.8 Å².